The highest BCUT2D eigenvalue weighted by Gasteiger charge is 2.17. The Kier molecular flexibility index (Phi) is 6.63. The number of carbonyl (C=O) groups is 1. The van der Waals surface area contributed by atoms with Gasteiger partial charge in [0.2, 0.25) is 0 Å². The van der Waals surface area contributed by atoms with Crippen molar-refractivity contribution in [3.8, 4) is 34.3 Å². The molecule has 4 aromatic rings. The van der Waals surface area contributed by atoms with Gasteiger partial charge in [-0.1, -0.05) is 30.3 Å². The Balaban J connectivity index is 1.57. The number of carbonyl (C=O) groups excluding carboxylic acids is 1. The average molecular weight is 460 g/mol. The van der Waals surface area contributed by atoms with Crippen LogP contribution < -0.4 is 24.4 Å². The summed E-state index contributed by atoms with van der Waals surface area (Å²) < 4.78 is 21.5. The maximum absolute atomic E-state index is 12.7. The molecule has 0 fully saturated rings. The number of hydrazone groups is 1. The van der Waals surface area contributed by atoms with E-state index >= 15 is 0 Å². The Labute approximate surface area is 196 Å². The number of benzene rings is 3. The summed E-state index contributed by atoms with van der Waals surface area (Å²) in [7, 11) is 6.21. The van der Waals surface area contributed by atoms with E-state index in [1.165, 1.54) is 27.5 Å². The Bertz CT molecular complexity index is 1360. The Morgan fingerprint density at radius 2 is 1.59 bits per heavy atom. The number of aromatic amines is 1. The molecular weight excluding hydrogens is 436 g/mol. The van der Waals surface area contributed by atoms with Crippen LogP contribution in [-0.4, -0.2) is 50.8 Å². The van der Waals surface area contributed by atoms with E-state index in [9.17, 15) is 4.79 Å². The first-order chi connectivity index (χ1) is 16.6. The maximum atomic E-state index is 12.7. The van der Waals surface area contributed by atoms with Crippen LogP contribution in [0.25, 0.3) is 22.0 Å². The molecule has 1 amide bonds. The molecule has 1 heterocycles. The van der Waals surface area contributed by atoms with Gasteiger partial charge in [-0.2, -0.15) is 10.2 Å². The van der Waals surface area contributed by atoms with Crippen LogP contribution >= 0.6 is 0 Å². The summed E-state index contributed by atoms with van der Waals surface area (Å²) in [5.41, 5.74) is 4.74. The van der Waals surface area contributed by atoms with Crippen molar-refractivity contribution in [2.24, 2.45) is 5.10 Å². The number of hydrogen-bond acceptors (Lipinski definition) is 7. The van der Waals surface area contributed by atoms with Gasteiger partial charge in [-0.15, -0.1) is 0 Å². The van der Waals surface area contributed by atoms with Crippen LogP contribution in [-0.2, 0) is 0 Å². The smallest absolute Gasteiger partial charge is 0.289 e. The van der Waals surface area contributed by atoms with Crippen molar-refractivity contribution in [3.63, 3.8) is 0 Å². The molecular formula is C25H24N4O5. The minimum absolute atomic E-state index is 0.251. The minimum atomic E-state index is -0.450. The van der Waals surface area contributed by atoms with Gasteiger partial charge in [0.25, 0.3) is 5.91 Å². The number of rotatable bonds is 8. The molecule has 2 N–H and O–H groups in total. The number of nitrogens with zero attached hydrogens (tertiary/aromatic N) is 2. The molecule has 1 aromatic heterocycles. The summed E-state index contributed by atoms with van der Waals surface area (Å²) in [6.07, 6.45) is 1.46. The van der Waals surface area contributed by atoms with Crippen LogP contribution in [0.15, 0.2) is 59.7 Å². The molecule has 0 bridgehead atoms. The third-order valence-corrected chi connectivity index (χ3v) is 5.29. The van der Waals surface area contributed by atoms with Crippen LogP contribution in [0.1, 0.15) is 16.1 Å². The standard InChI is InChI=1S/C25H24N4O5/c1-31-20-10-9-15-7-5-6-8-17(15)24(20)18-12-19(28-27-18)25(30)29-26-14-16-11-22(33-3)23(34-4)13-21(16)32-2/h5-14H,1-4H3,(H,27,28)(H,29,30)/b26-14-. The summed E-state index contributed by atoms with van der Waals surface area (Å²) in [6, 6.07) is 16.8. The largest absolute Gasteiger partial charge is 0.496 e. The monoisotopic (exact) mass is 460 g/mol. The van der Waals surface area contributed by atoms with Gasteiger partial charge in [-0.25, -0.2) is 5.43 Å². The number of ether oxygens (including phenoxy) is 4. The normalized spacial score (nSPS) is 10.9. The van der Waals surface area contributed by atoms with E-state index in [4.69, 9.17) is 18.9 Å². The highest BCUT2D eigenvalue weighted by Crippen LogP contribution is 2.36. The molecule has 34 heavy (non-hydrogen) atoms. The van der Waals surface area contributed by atoms with Crippen molar-refractivity contribution in [1.82, 2.24) is 15.6 Å². The molecule has 0 spiro atoms. The van der Waals surface area contributed by atoms with Gasteiger partial charge in [-0.05, 0) is 29.0 Å². The lowest BCUT2D eigenvalue weighted by atomic mass is 10.0. The van der Waals surface area contributed by atoms with Crippen molar-refractivity contribution < 1.29 is 23.7 Å². The summed E-state index contributed by atoms with van der Waals surface area (Å²) in [4.78, 5) is 12.7. The second-order valence-electron chi connectivity index (χ2n) is 7.18. The van der Waals surface area contributed by atoms with Gasteiger partial charge in [0, 0.05) is 11.6 Å². The van der Waals surface area contributed by atoms with Gasteiger partial charge in [-0.3, -0.25) is 9.89 Å². The first-order valence-electron chi connectivity index (χ1n) is 10.3. The van der Waals surface area contributed by atoms with Gasteiger partial charge in [0.05, 0.1) is 45.9 Å². The molecule has 4 rings (SSSR count). The average Bonchev–Trinajstić information content (AvgIpc) is 3.37. The highest BCUT2D eigenvalue weighted by molar-refractivity contribution is 6.01. The van der Waals surface area contributed by atoms with Crippen molar-refractivity contribution in [2.75, 3.05) is 28.4 Å². The predicted molar refractivity (Wildman–Crippen MR) is 129 cm³/mol. The highest BCUT2D eigenvalue weighted by atomic mass is 16.5. The molecule has 174 valence electrons. The lowest BCUT2D eigenvalue weighted by Gasteiger charge is -2.11. The van der Waals surface area contributed by atoms with Crippen LogP contribution in [0.4, 0.5) is 0 Å². The fourth-order valence-corrected chi connectivity index (χ4v) is 3.63. The van der Waals surface area contributed by atoms with Gasteiger partial charge in [0.1, 0.15) is 17.2 Å². The lowest BCUT2D eigenvalue weighted by molar-refractivity contribution is 0.0950. The van der Waals surface area contributed by atoms with Gasteiger partial charge < -0.3 is 18.9 Å². The molecule has 0 radical (unpaired) electrons. The second-order valence-corrected chi connectivity index (χ2v) is 7.18. The zero-order valence-electron chi connectivity index (χ0n) is 19.2. The predicted octanol–water partition coefficient (Wildman–Crippen LogP) is 4.03. The number of nitrogens with one attached hydrogen (secondary N) is 2. The topological polar surface area (TPSA) is 107 Å². The third kappa shape index (κ3) is 4.36. The van der Waals surface area contributed by atoms with E-state index in [0.717, 1.165) is 16.3 Å². The number of amides is 1. The third-order valence-electron chi connectivity index (χ3n) is 5.29. The molecule has 0 atom stereocenters. The van der Waals surface area contributed by atoms with Crippen molar-refractivity contribution >= 4 is 22.9 Å². The maximum Gasteiger partial charge on any atom is 0.289 e. The zero-order valence-corrected chi connectivity index (χ0v) is 19.2. The first kappa shape index (κ1) is 22.7. The van der Waals surface area contributed by atoms with Gasteiger partial charge >= 0.3 is 0 Å². The van der Waals surface area contributed by atoms with Crippen molar-refractivity contribution in [2.45, 2.75) is 0 Å². The number of fused-ring (bicyclic) bond motifs is 1. The molecule has 0 aliphatic carbocycles. The quantitative estimate of drug-likeness (QED) is 0.304. The molecule has 0 aliphatic heterocycles. The van der Waals surface area contributed by atoms with Crippen LogP contribution in [0.3, 0.4) is 0 Å². The van der Waals surface area contributed by atoms with Crippen LogP contribution in [0.5, 0.6) is 23.0 Å². The molecule has 0 saturated heterocycles. The summed E-state index contributed by atoms with van der Waals surface area (Å²) >= 11 is 0. The Morgan fingerprint density at radius 1 is 0.882 bits per heavy atom. The van der Waals surface area contributed by atoms with E-state index in [-0.39, 0.29) is 5.69 Å². The van der Waals surface area contributed by atoms with E-state index in [1.807, 2.05) is 36.4 Å². The van der Waals surface area contributed by atoms with Crippen molar-refractivity contribution in [3.05, 3.63) is 65.9 Å². The lowest BCUT2D eigenvalue weighted by Crippen LogP contribution is -2.18. The molecule has 0 aliphatic rings. The Hall–Kier alpha value is -4.53. The SMILES string of the molecule is COc1cc(OC)c(OC)cc1/C=N\NC(=O)c1cc(-c2c(OC)ccc3ccccc23)n[nH]1. The van der Waals surface area contributed by atoms with Crippen molar-refractivity contribution in [1.29, 1.82) is 0 Å². The molecule has 9 nitrogen and oxygen atoms in total. The fourth-order valence-electron chi connectivity index (χ4n) is 3.63. The first-order valence-corrected chi connectivity index (χ1v) is 10.3. The number of H-pyrrole nitrogens is 1. The van der Waals surface area contributed by atoms with Crippen LogP contribution in [0, 0.1) is 0 Å². The molecule has 0 saturated carbocycles. The Morgan fingerprint density at radius 3 is 2.32 bits per heavy atom. The van der Waals surface area contributed by atoms with Crippen LogP contribution in [0.2, 0.25) is 0 Å². The summed E-state index contributed by atoms with van der Waals surface area (Å²) in [5.74, 6) is 1.76. The van der Waals surface area contributed by atoms with E-state index < -0.39 is 5.91 Å². The fraction of sp³-hybridized carbons (Fsp3) is 0.160. The number of methoxy groups -OCH3 is 4. The summed E-state index contributed by atoms with van der Waals surface area (Å²) in [6.45, 7) is 0. The minimum Gasteiger partial charge on any atom is -0.496 e. The second kappa shape index (κ2) is 9.95. The molecule has 0 unspecified atom stereocenters. The van der Waals surface area contributed by atoms with E-state index in [2.05, 4.69) is 20.7 Å². The van der Waals surface area contributed by atoms with Gasteiger partial charge in [0.15, 0.2) is 11.5 Å². The number of hydrogen-bond donors (Lipinski definition) is 2. The molecule has 9 heteroatoms. The summed E-state index contributed by atoms with van der Waals surface area (Å²) in [5, 5.41) is 13.2. The van der Waals surface area contributed by atoms with E-state index in [1.54, 1.807) is 25.3 Å². The van der Waals surface area contributed by atoms with E-state index in [0.29, 0.717) is 34.3 Å². The number of aromatic nitrogens is 2. The molecule has 3 aromatic carbocycles. The zero-order chi connectivity index (χ0) is 24.1.